The molecule has 2 rings (SSSR count). The Bertz CT molecular complexity index is 684. The summed E-state index contributed by atoms with van der Waals surface area (Å²) < 4.78 is 21.1. The minimum Gasteiger partial charge on any atom is -0.489 e. The third kappa shape index (κ3) is 5.75. The zero-order valence-corrected chi connectivity index (χ0v) is 15.4. The third-order valence-electron chi connectivity index (χ3n) is 3.74. The quantitative estimate of drug-likeness (QED) is 0.658. The summed E-state index contributed by atoms with van der Waals surface area (Å²) >= 11 is 0. The molecule has 0 aromatic heterocycles. The summed E-state index contributed by atoms with van der Waals surface area (Å²) in [5.41, 5.74) is 2.09. The van der Waals surface area contributed by atoms with E-state index >= 15 is 0 Å². The Morgan fingerprint density at radius 3 is 2.31 bits per heavy atom. The molecule has 0 amide bonds. The van der Waals surface area contributed by atoms with Gasteiger partial charge in [-0.2, -0.15) is 0 Å². The second-order valence-electron chi connectivity index (χ2n) is 5.73. The molecule has 140 valence electrons. The predicted octanol–water partition coefficient (Wildman–Crippen LogP) is 3.13. The maximum atomic E-state index is 12.2. The van der Waals surface area contributed by atoms with E-state index in [4.69, 9.17) is 18.9 Å². The van der Waals surface area contributed by atoms with Crippen LogP contribution in [-0.4, -0.2) is 46.6 Å². The first-order chi connectivity index (χ1) is 12.7. The molecular formula is C20H25NO5. The van der Waals surface area contributed by atoms with Crippen molar-refractivity contribution in [2.45, 2.75) is 12.6 Å². The molecule has 0 heterocycles. The molecule has 1 N–H and O–H groups in total. The highest BCUT2D eigenvalue weighted by molar-refractivity contribution is 5.96. The molecule has 0 unspecified atom stereocenters. The smallest absolute Gasteiger partial charge is 0.340 e. The maximum absolute atomic E-state index is 12.2. The number of carbonyl (C=O) groups is 1. The number of nitrogens with one attached hydrogen (secondary N) is 1. The Labute approximate surface area is 154 Å². The van der Waals surface area contributed by atoms with Gasteiger partial charge in [0.05, 0.1) is 31.9 Å². The second kappa shape index (κ2) is 10.4. The van der Waals surface area contributed by atoms with Gasteiger partial charge < -0.3 is 24.3 Å². The van der Waals surface area contributed by atoms with Crippen molar-refractivity contribution in [3.63, 3.8) is 0 Å². The van der Waals surface area contributed by atoms with Crippen LogP contribution in [0, 0.1) is 0 Å². The molecule has 26 heavy (non-hydrogen) atoms. The standard InChI is InChI=1S/C20H25NO5/c1-23-13-16(14-24-2)21-19-10-9-17(11-18(19)20(22)25-3)26-12-15-7-5-4-6-8-15/h4-11,16,21H,12-14H2,1-3H3. The molecule has 2 aromatic rings. The van der Waals surface area contributed by atoms with Crippen LogP contribution >= 0.6 is 0 Å². The van der Waals surface area contributed by atoms with E-state index < -0.39 is 5.97 Å². The van der Waals surface area contributed by atoms with Crippen LogP contribution in [0.25, 0.3) is 0 Å². The fraction of sp³-hybridized carbons (Fsp3) is 0.350. The Morgan fingerprint density at radius 2 is 1.69 bits per heavy atom. The average Bonchev–Trinajstić information content (AvgIpc) is 2.67. The van der Waals surface area contributed by atoms with Crippen LogP contribution in [-0.2, 0) is 20.8 Å². The van der Waals surface area contributed by atoms with Gasteiger partial charge in [-0.3, -0.25) is 0 Å². The van der Waals surface area contributed by atoms with Gasteiger partial charge in [-0.05, 0) is 23.8 Å². The molecule has 0 aliphatic carbocycles. The molecule has 0 atom stereocenters. The molecule has 2 aromatic carbocycles. The van der Waals surface area contributed by atoms with Crippen molar-refractivity contribution in [2.24, 2.45) is 0 Å². The highest BCUT2D eigenvalue weighted by atomic mass is 16.5. The Kier molecular flexibility index (Phi) is 7.92. The van der Waals surface area contributed by atoms with E-state index in [0.29, 0.717) is 36.8 Å². The van der Waals surface area contributed by atoms with Crippen molar-refractivity contribution in [3.05, 3.63) is 59.7 Å². The van der Waals surface area contributed by atoms with Gasteiger partial charge >= 0.3 is 5.97 Å². The number of anilines is 1. The Morgan fingerprint density at radius 1 is 1.00 bits per heavy atom. The van der Waals surface area contributed by atoms with E-state index in [-0.39, 0.29) is 6.04 Å². The Balaban J connectivity index is 2.16. The molecule has 6 nitrogen and oxygen atoms in total. The lowest BCUT2D eigenvalue weighted by Gasteiger charge is -2.20. The van der Waals surface area contributed by atoms with E-state index in [1.807, 2.05) is 36.4 Å². The zero-order chi connectivity index (χ0) is 18.8. The topological polar surface area (TPSA) is 66.0 Å². The molecule has 0 aliphatic heterocycles. The first-order valence-electron chi connectivity index (χ1n) is 8.31. The van der Waals surface area contributed by atoms with E-state index in [0.717, 1.165) is 5.56 Å². The van der Waals surface area contributed by atoms with Crippen LogP contribution in [0.4, 0.5) is 5.69 Å². The van der Waals surface area contributed by atoms with Gasteiger partial charge in [0.1, 0.15) is 12.4 Å². The van der Waals surface area contributed by atoms with Gasteiger partial charge in [0.15, 0.2) is 0 Å². The largest absolute Gasteiger partial charge is 0.489 e. The summed E-state index contributed by atoms with van der Waals surface area (Å²) in [7, 11) is 4.59. The van der Waals surface area contributed by atoms with Crippen molar-refractivity contribution in [2.75, 3.05) is 39.9 Å². The van der Waals surface area contributed by atoms with E-state index in [9.17, 15) is 4.79 Å². The molecule has 6 heteroatoms. The van der Waals surface area contributed by atoms with Crippen LogP contribution in [0.15, 0.2) is 48.5 Å². The van der Waals surface area contributed by atoms with Crippen molar-refractivity contribution >= 4 is 11.7 Å². The number of methoxy groups -OCH3 is 3. The third-order valence-corrected chi connectivity index (χ3v) is 3.74. The first kappa shape index (κ1) is 19.8. The minimum atomic E-state index is -0.439. The highest BCUT2D eigenvalue weighted by Gasteiger charge is 2.17. The van der Waals surface area contributed by atoms with Crippen molar-refractivity contribution < 1.29 is 23.7 Å². The number of carbonyl (C=O) groups excluding carboxylic acids is 1. The minimum absolute atomic E-state index is 0.0931. The lowest BCUT2D eigenvalue weighted by molar-refractivity contribution is 0.0601. The molecule has 0 saturated carbocycles. The zero-order valence-electron chi connectivity index (χ0n) is 15.4. The number of rotatable bonds is 10. The lowest BCUT2D eigenvalue weighted by atomic mass is 10.1. The van der Waals surface area contributed by atoms with Crippen LogP contribution < -0.4 is 10.1 Å². The first-order valence-corrected chi connectivity index (χ1v) is 8.31. The lowest BCUT2D eigenvalue weighted by Crippen LogP contribution is -2.30. The van der Waals surface area contributed by atoms with Crippen LogP contribution in [0.5, 0.6) is 5.75 Å². The van der Waals surface area contributed by atoms with Crippen LogP contribution in [0.1, 0.15) is 15.9 Å². The summed E-state index contributed by atoms with van der Waals surface area (Å²) in [4.78, 5) is 12.2. The van der Waals surface area contributed by atoms with E-state index in [1.54, 1.807) is 26.4 Å². The fourth-order valence-electron chi connectivity index (χ4n) is 2.51. The molecule has 0 saturated heterocycles. The van der Waals surface area contributed by atoms with Gasteiger partial charge in [-0.25, -0.2) is 4.79 Å². The number of esters is 1. The molecule has 0 bridgehead atoms. The second-order valence-corrected chi connectivity index (χ2v) is 5.73. The van der Waals surface area contributed by atoms with Gasteiger partial charge in [0, 0.05) is 19.9 Å². The van der Waals surface area contributed by atoms with E-state index in [1.165, 1.54) is 7.11 Å². The summed E-state index contributed by atoms with van der Waals surface area (Å²) in [5.74, 6) is 0.154. The molecule has 0 fully saturated rings. The normalized spacial score (nSPS) is 10.6. The number of hydrogen-bond donors (Lipinski definition) is 1. The van der Waals surface area contributed by atoms with Gasteiger partial charge in [0.25, 0.3) is 0 Å². The van der Waals surface area contributed by atoms with Crippen molar-refractivity contribution in [1.82, 2.24) is 0 Å². The van der Waals surface area contributed by atoms with Crippen molar-refractivity contribution in [3.8, 4) is 5.75 Å². The average molecular weight is 359 g/mol. The van der Waals surface area contributed by atoms with E-state index in [2.05, 4.69) is 5.32 Å². The molecular weight excluding hydrogens is 334 g/mol. The van der Waals surface area contributed by atoms with Crippen molar-refractivity contribution in [1.29, 1.82) is 0 Å². The summed E-state index contributed by atoms with van der Waals surface area (Å²) in [6, 6.07) is 15.0. The van der Waals surface area contributed by atoms with Gasteiger partial charge in [-0.15, -0.1) is 0 Å². The molecule has 0 radical (unpaired) electrons. The van der Waals surface area contributed by atoms with Crippen LogP contribution in [0.2, 0.25) is 0 Å². The summed E-state index contributed by atoms with van der Waals surface area (Å²) in [5, 5.41) is 3.26. The number of benzene rings is 2. The molecule has 0 spiro atoms. The van der Waals surface area contributed by atoms with Gasteiger partial charge in [0.2, 0.25) is 0 Å². The predicted molar refractivity (Wildman–Crippen MR) is 99.7 cm³/mol. The number of hydrogen-bond acceptors (Lipinski definition) is 6. The SMILES string of the molecule is COCC(COC)Nc1ccc(OCc2ccccc2)cc1C(=O)OC. The highest BCUT2D eigenvalue weighted by Crippen LogP contribution is 2.24. The van der Waals surface area contributed by atoms with Gasteiger partial charge in [-0.1, -0.05) is 30.3 Å². The summed E-state index contributed by atoms with van der Waals surface area (Å²) in [6.07, 6.45) is 0. The maximum Gasteiger partial charge on any atom is 0.340 e. The fourth-order valence-corrected chi connectivity index (χ4v) is 2.51. The Hall–Kier alpha value is -2.57. The van der Waals surface area contributed by atoms with Crippen LogP contribution in [0.3, 0.4) is 0 Å². The molecule has 0 aliphatic rings. The summed E-state index contributed by atoms with van der Waals surface area (Å²) in [6.45, 7) is 1.31. The monoisotopic (exact) mass is 359 g/mol. The number of ether oxygens (including phenoxy) is 4.